The van der Waals surface area contributed by atoms with Crippen LogP contribution < -0.4 is 0 Å². The summed E-state index contributed by atoms with van der Waals surface area (Å²) in [6.07, 6.45) is 5.90. The van der Waals surface area contributed by atoms with Gasteiger partial charge in [0.1, 0.15) is 13.2 Å². The molecule has 0 N–H and O–H groups in total. The molecule has 4 rings (SSSR count). The number of thioether (sulfide) groups is 6. The maximum absolute atomic E-state index is 5.69. The van der Waals surface area contributed by atoms with Gasteiger partial charge < -0.3 is 9.47 Å². The first-order chi connectivity index (χ1) is 11.8. The third kappa shape index (κ3) is 3.91. The summed E-state index contributed by atoms with van der Waals surface area (Å²) in [5.41, 5.74) is 1.26. The predicted molar refractivity (Wildman–Crippen MR) is 112 cm³/mol. The molecule has 3 aliphatic rings. The van der Waals surface area contributed by atoms with Crippen molar-refractivity contribution in [2.24, 2.45) is 0 Å². The van der Waals surface area contributed by atoms with E-state index in [-0.39, 0.29) is 0 Å². The lowest BCUT2D eigenvalue weighted by Gasteiger charge is -2.13. The molecule has 0 saturated carbocycles. The van der Waals surface area contributed by atoms with Gasteiger partial charge in [0.05, 0.1) is 16.9 Å². The number of pyridine rings is 1. The average molecular weight is 432 g/mol. The van der Waals surface area contributed by atoms with Crippen molar-refractivity contribution in [2.45, 2.75) is 5.75 Å². The zero-order chi connectivity index (χ0) is 16.4. The standard InChI is InChI=1S/C15H13NO2S6/c1-19-12-13(20-8-9-3-2-4-16-7-9)24-15(23-12)14-21-10-11(22-14)18-6-5-17-10/h2-4,7H,5-6,8H2,1H3. The van der Waals surface area contributed by atoms with Crippen LogP contribution in [0.15, 0.2) is 51.7 Å². The fourth-order valence-corrected chi connectivity index (χ4v) is 9.95. The molecule has 0 unspecified atom stereocenters. The highest BCUT2D eigenvalue weighted by atomic mass is 32.3. The Morgan fingerprint density at radius 1 is 1.04 bits per heavy atom. The molecule has 24 heavy (non-hydrogen) atoms. The molecule has 0 aliphatic carbocycles. The number of aromatic nitrogens is 1. The fourth-order valence-electron chi connectivity index (χ4n) is 2.00. The maximum Gasteiger partial charge on any atom is 0.208 e. The summed E-state index contributed by atoms with van der Waals surface area (Å²) in [5, 5.41) is 1.86. The van der Waals surface area contributed by atoms with E-state index in [0.29, 0.717) is 13.2 Å². The number of hydrogen-bond donors (Lipinski definition) is 0. The second-order valence-electron chi connectivity index (χ2n) is 4.68. The summed E-state index contributed by atoms with van der Waals surface area (Å²) >= 11 is 10.8. The quantitative estimate of drug-likeness (QED) is 0.564. The van der Waals surface area contributed by atoms with E-state index in [4.69, 9.17) is 9.47 Å². The van der Waals surface area contributed by atoms with E-state index in [9.17, 15) is 0 Å². The van der Waals surface area contributed by atoms with Crippen molar-refractivity contribution < 1.29 is 9.47 Å². The summed E-state index contributed by atoms with van der Waals surface area (Å²) in [5.74, 6) is 0.949. The molecule has 0 spiro atoms. The minimum atomic E-state index is 0.649. The third-order valence-electron chi connectivity index (χ3n) is 3.07. The van der Waals surface area contributed by atoms with Crippen molar-refractivity contribution in [3.8, 4) is 0 Å². The molecular formula is C15H13NO2S6. The van der Waals surface area contributed by atoms with E-state index in [0.717, 1.165) is 15.9 Å². The van der Waals surface area contributed by atoms with Crippen LogP contribution in [0.5, 0.6) is 0 Å². The lowest BCUT2D eigenvalue weighted by molar-refractivity contribution is 0.0949. The number of nitrogens with zero attached hydrogens (tertiary/aromatic N) is 1. The Labute approximate surface area is 166 Å². The molecule has 9 heteroatoms. The molecule has 3 nitrogen and oxygen atoms in total. The minimum absolute atomic E-state index is 0.649. The Bertz CT molecular complexity index is 711. The van der Waals surface area contributed by atoms with Gasteiger partial charge in [-0.05, 0) is 41.4 Å². The van der Waals surface area contributed by atoms with Gasteiger partial charge in [0.15, 0.2) is 0 Å². The maximum atomic E-state index is 5.69. The second-order valence-corrected chi connectivity index (χ2v) is 11.5. The van der Waals surface area contributed by atoms with Gasteiger partial charge >= 0.3 is 0 Å². The molecule has 0 amide bonds. The minimum Gasteiger partial charge on any atom is -0.480 e. The molecule has 1 aromatic rings. The van der Waals surface area contributed by atoms with Crippen LogP contribution in [0.2, 0.25) is 0 Å². The highest BCUT2D eigenvalue weighted by Crippen LogP contribution is 2.64. The van der Waals surface area contributed by atoms with Crippen molar-refractivity contribution >= 4 is 70.6 Å². The van der Waals surface area contributed by atoms with Gasteiger partial charge in [0.25, 0.3) is 0 Å². The summed E-state index contributed by atoms with van der Waals surface area (Å²) < 4.78 is 16.8. The molecule has 4 heterocycles. The van der Waals surface area contributed by atoms with E-state index in [1.165, 1.54) is 22.5 Å². The average Bonchev–Trinajstić information content (AvgIpc) is 3.24. The topological polar surface area (TPSA) is 31.4 Å². The van der Waals surface area contributed by atoms with Crippen molar-refractivity contribution in [1.82, 2.24) is 4.98 Å². The van der Waals surface area contributed by atoms with Crippen LogP contribution in [0.4, 0.5) is 0 Å². The zero-order valence-electron chi connectivity index (χ0n) is 12.6. The Hall–Kier alpha value is 0.0700. The lowest BCUT2D eigenvalue weighted by Crippen LogP contribution is -2.08. The lowest BCUT2D eigenvalue weighted by atomic mass is 10.3. The van der Waals surface area contributed by atoms with E-state index in [1.807, 2.05) is 65.5 Å². The molecule has 0 saturated heterocycles. The van der Waals surface area contributed by atoms with Crippen molar-refractivity contribution in [1.29, 1.82) is 0 Å². The number of hydrogen-bond acceptors (Lipinski definition) is 9. The normalized spacial score (nSPS) is 20.4. The van der Waals surface area contributed by atoms with Gasteiger partial charge in [0.2, 0.25) is 10.2 Å². The van der Waals surface area contributed by atoms with Crippen molar-refractivity contribution in [3.05, 3.63) is 57.2 Å². The monoisotopic (exact) mass is 431 g/mol. The van der Waals surface area contributed by atoms with Gasteiger partial charge in [-0.2, -0.15) is 0 Å². The van der Waals surface area contributed by atoms with Crippen molar-refractivity contribution in [3.63, 3.8) is 0 Å². The molecule has 0 radical (unpaired) electrons. The SMILES string of the molecule is CSC1=C(SCc2cccnc2)SC(=C2SC3=C(OCCO3)S2)S1. The van der Waals surface area contributed by atoms with Gasteiger partial charge in [0, 0.05) is 18.1 Å². The Balaban J connectivity index is 1.44. The van der Waals surface area contributed by atoms with Gasteiger partial charge in [-0.25, -0.2) is 0 Å². The third-order valence-corrected chi connectivity index (χ3v) is 11.4. The first-order valence-corrected chi connectivity index (χ1v) is 12.6. The van der Waals surface area contributed by atoms with E-state index < -0.39 is 0 Å². The van der Waals surface area contributed by atoms with E-state index >= 15 is 0 Å². The summed E-state index contributed by atoms with van der Waals surface area (Å²) in [7, 11) is 0. The first kappa shape index (κ1) is 17.5. The Kier molecular flexibility index (Phi) is 5.96. The summed E-state index contributed by atoms with van der Waals surface area (Å²) in [6.45, 7) is 1.30. The van der Waals surface area contributed by atoms with Crippen LogP contribution in [0.3, 0.4) is 0 Å². The fraction of sp³-hybridized carbons (Fsp3) is 0.267. The van der Waals surface area contributed by atoms with Gasteiger partial charge in [-0.3, -0.25) is 4.98 Å². The Morgan fingerprint density at radius 2 is 1.75 bits per heavy atom. The van der Waals surface area contributed by atoms with Gasteiger partial charge in [-0.15, -0.1) is 23.5 Å². The molecule has 0 aromatic carbocycles. The second kappa shape index (κ2) is 8.18. The van der Waals surface area contributed by atoms with Crippen LogP contribution in [0.25, 0.3) is 0 Å². The molecular weight excluding hydrogens is 419 g/mol. The molecule has 0 atom stereocenters. The molecule has 126 valence electrons. The van der Waals surface area contributed by atoms with Crippen molar-refractivity contribution in [2.75, 3.05) is 19.5 Å². The largest absolute Gasteiger partial charge is 0.480 e. The molecule has 3 aliphatic heterocycles. The van der Waals surface area contributed by atoms with E-state index in [1.54, 1.807) is 23.5 Å². The number of ether oxygens (including phenoxy) is 2. The summed E-state index contributed by atoms with van der Waals surface area (Å²) in [6, 6.07) is 4.12. The highest BCUT2D eigenvalue weighted by molar-refractivity contribution is 8.42. The van der Waals surface area contributed by atoms with Crippen LogP contribution in [0.1, 0.15) is 5.56 Å². The molecule has 0 bridgehead atoms. The van der Waals surface area contributed by atoms with Crippen LogP contribution in [-0.2, 0) is 15.2 Å². The van der Waals surface area contributed by atoms with E-state index in [2.05, 4.69) is 17.3 Å². The molecule has 1 aromatic heterocycles. The predicted octanol–water partition coefficient (Wildman–Crippen LogP) is 6.06. The van der Waals surface area contributed by atoms with Crippen LogP contribution in [0, 0.1) is 0 Å². The zero-order valence-corrected chi connectivity index (χ0v) is 17.5. The summed E-state index contributed by atoms with van der Waals surface area (Å²) in [4.78, 5) is 4.19. The van der Waals surface area contributed by atoms with Crippen LogP contribution >= 0.6 is 70.6 Å². The Morgan fingerprint density at radius 3 is 2.42 bits per heavy atom. The highest BCUT2D eigenvalue weighted by Gasteiger charge is 2.33. The smallest absolute Gasteiger partial charge is 0.208 e. The number of rotatable bonds is 4. The molecule has 0 fully saturated rings. The van der Waals surface area contributed by atoms with Crippen LogP contribution in [-0.4, -0.2) is 24.5 Å². The van der Waals surface area contributed by atoms with Gasteiger partial charge in [-0.1, -0.05) is 29.6 Å². The first-order valence-electron chi connectivity index (χ1n) is 7.09.